The molecule has 0 spiro atoms. The molecule has 1 heterocycles. The van der Waals surface area contributed by atoms with Crippen molar-refractivity contribution in [3.63, 3.8) is 0 Å². The van der Waals surface area contributed by atoms with Crippen LogP contribution in [0.1, 0.15) is 35.9 Å². The second-order valence-electron chi connectivity index (χ2n) is 6.38. The average Bonchev–Trinajstić information content (AvgIpc) is 3.37. The third kappa shape index (κ3) is 3.05. The number of carbonyl (C=O) groups is 1. The Balaban J connectivity index is 1.45. The Morgan fingerprint density at radius 2 is 2.00 bits per heavy atom. The van der Waals surface area contributed by atoms with Gasteiger partial charge in [0.1, 0.15) is 11.6 Å². The summed E-state index contributed by atoms with van der Waals surface area (Å²) in [5, 5.41) is 3.16. The highest BCUT2D eigenvalue weighted by molar-refractivity contribution is 9.10. The molecule has 1 aliphatic carbocycles. The minimum atomic E-state index is -0.246. The molecule has 2 aliphatic rings. The number of carbonyl (C=O) groups excluding carboxylic acids is 1. The summed E-state index contributed by atoms with van der Waals surface area (Å²) in [6.45, 7) is 0.603. The highest BCUT2D eigenvalue weighted by atomic mass is 79.9. The highest BCUT2D eigenvalue weighted by Gasteiger charge is 2.44. The zero-order valence-corrected chi connectivity index (χ0v) is 14.6. The van der Waals surface area contributed by atoms with Crippen LogP contribution in [0, 0.1) is 11.7 Å². The van der Waals surface area contributed by atoms with Crippen molar-refractivity contribution in [2.45, 2.75) is 24.8 Å². The fourth-order valence-corrected chi connectivity index (χ4v) is 3.74. The summed E-state index contributed by atoms with van der Waals surface area (Å²) in [7, 11) is 0. The zero-order valence-electron chi connectivity index (χ0n) is 13.0. The van der Waals surface area contributed by atoms with Crippen LogP contribution >= 0.6 is 15.9 Å². The van der Waals surface area contributed by atoms with Crippen molar-refractivity contribution in [1.82, 2.24) is 5.32 Å². The van der Waals surface area contributed by atoms with Crippen LogP contribution in [0.2, 0.25) is 0 Å². The SMILES string of the molecule is O=C(NC1CCOc2ccc(Br)cc21)C1CC1c1ccc(F)cc1. The van der Waals surface area contributed by atoms with Gasteiger partial charge in [-0.05, 0) is 48.2 Å². The highest BCUT2D eigenvalue weighted by Crippen LogP contribution is 2.48. The first-order chi connectivity index (χ1) is 11.6. The van der Waals surface area contributed by atoms with E-state index >= 15 is 0 Å². The number of hydrogen-bond acceptors (Lipinski definition) is 2. The number of nitrogens with one attached hydrogen (secondary N) is 1. The topological polar surface area (TPSA) is 38.3 Å². The van der Waals surface area contributed by atoms with Crippen molar-refractivity contribution in [2.24, 2.45) is 5.92 Å². The third-order valence-corrected chi connectivity index (χ3v) is 5.25. The number of fused-ring (bicyclic) bond motifs is 1. The minimum Gasteiger partial charge on any atom is -0.493 e. The molecule has 1 N–H and O–H groups in total. The molecular formula is C19H17BrFNO2. The van der Waals surface area contributed by atoms with Gasteiger partial charge in [-0.25, -0.2) is 4.39 Å². The van der Waals surface area contributed by atoms with E-state index in [1.807, 2.05) is 18.2 Å². The van der Waals surface area contributed by atoms with E-state index in [2.05, 4.69) is 21.2 Å². The Labute approximate surface area is 148 Å². The molecule has 3 atom stereocenters. The van der Waals surface area contributed by atoms with Crippen LogP contribution in [-0.2, 0) is 4.79 Å². The van der Waals surface area contributed by atoms with Crippen LogP contribution in [-0.4, -0.2) is 12.5 Å². The lowest BCUT2D eigenvalue weighted by atomic mass is 10.00. The molecular weight excluding hydrogens is 373 g/mol. The van der Waals surface area contributed by atoms with Crippen molar-refractivity contribution in [3.05, 3.63) is 63.9 Å². The first-order valence-electron chi connectivity index (χ1n) is 8.10. The minimum absolute atomic E-state index is 0.0195. The van der Waals surface area contributed by atoms with Crippen LogP contribution in [0.5, 0.6) is 5.75 Å². The molecule has 2 aromatic carbocycles. The van der Waals surface area contributed by atoms with Crippen LogP contribution in [0.3, 0.4) is 0 Å². The summed E-state index contributed by atoms with van der Waals surface area (Å²) in [6.07, 6.45) is 1.59. The molecule has 1 amide bonds. The van der Waals surface area contributed by atoms with Crippen LogP contribution in [0.4, 0.5) is 4.39 Å². The Bertz CT molecular complexity index is 777. The molecule has 0 saturated heterocycles. The number of hydrogen-bond donors (Lipinski definition) is 1. The van der Waals surface area contributed by atoms with Gasteiger partial charge in [0.15, 0.2) is 0 Å². The van der Waals surface area contributed by atoms with Crippen molar-refractivity contribution >= 4 is 21.8 Å². The molecule has 4 rings (SSSR count). The second kappa shape index (κ2) is 6.20. The summed E-state index contributed by atoms with van der Waals surface area (Å²) >= 11 is 3.47. The Morgan fingerprint density at radius 1 is 1.21 bits per heavy atom. The fraction of sp³-hybridized carbons (Fsp3) is 0.316. The first-order valence-corrected chi connectivity index (χ1v) is 8.89. The number of benzene rings is 2. The van der Waals surface area contributed by atoms with Crippen LogP contribution in [0.25, 0.3) is 0 Å². The van der Waals surface area contributed by atoms with E-state index in [0.717, 1.165) is 34.2 Å². The molecule has 0 aromatic heterocycles. The lowest BCUT2D eigenvalue weighted by Crippen LogP contribution is -2.33. The third-order valence-electron chi connectivity index (χ3n) is 4.75. The van der Waals surface area contributed by atoms with Gasteiger partial charge in [-0.1, -0.05) is 28.1 Å². The van der Waals surface area contributed by atoms with Crippen molar-refractivity contribution in [2.75, 3.05) is 6.61 Å². The largest absolute Gasteiger partial charge is 0.493 e. The van der Waals surface area contributed by atoms with Gasteiger partial charge in [0.2, 0.25) is 5.91 Å². The van der Waals surface area contributed by atoms with Gasteiger partial charge in [0, 0.05) is 22.4 Å². The van der Waals surface area contributed by atoms with Crippen molar-refractivity contribution < 1.29 is 13.9 Å². The number of rotatable bonds is 3. The monoisotopic (exact) mass is 389 g/mol. The maximum absolute atomic E-state index is 13.0. The predicted octanol–water partition coefficient (Wildman–Crippen LogP) is 4.33. The summed E-state index contributed by atoms with van der Waals surface area (Å²) in [5.74, 6) is 0.842. The molecule has 24 heavy (non-hydrogen) atoms. The van der Waals surface area contributed by atoms with Gasteiger partial charge in [0.25, 0.3) is 0 Å². The molecule has 1 fully saturated rings. The second-order valence-corrected chi connectivity index (χ2v) is 7.30. The molecule has 1 aliphatic heterocycles. The Hall–Kier alpha value is -1.88. The van der Waals surface area contributed by atoms with E-state index in [1.165, 1.54) is 12.1 Å². The smallest absolute Gasteiger partial charge is 0.224 e. The maximum atomic E-state index is 13.0. The number of amides is 1. The molecule has 2 aromatic rings. The molecule has 3 nitrogen and oxygen atoms in total. The van der Waals surface area contributed by atoms with Gasteiger partial charge < -0.3 is 10.1 Å². The van der Waals surface area contributed by atoms with Crippen LogP contribution in [0.15, 0.2) is 46.9 Å². The van der Waals surface area contributed by atoms with Gasteiger partial charge in [-0.2, -0.15) is 0 Å². The average molecular weight is 390 g/mol. The van der Waals surface area contributed by atoms with Gasteiger partial charge in [-0.3, -0.25) is 4.79 Å². The van der Waals surface area contributed by atoms with Crippen molar-refractivity contribution in [1.29, 1.82) is 0 Å². The van der Waals surface area contributed by atoms with Crippen molar-refractivity contribution in [3.8, 4) is 5.75 Å². The summed E-state index contributed by atoms with van der Waals surface area (Å²) in [5.41, 5.74) is 2.05. The molecule has 0 bridgehead atoms. The lowest BCUT2D eigenvalue weighted by Gasteiger charge is -2.27. The zero-order chi connectivity index (χ0) is 16.7. The van der Waals surface area contributed by atoms with E-state index in [4.69, 9.17) is 4.74 Å². The Kier molecular flexibility index (Phi) is 4.04. The van der Waals surface area contributed by atoms with E-state index < -0.39 is 0 Å². The number of halogens is 2. The molecule has 5 heteroatoms. The van der Waals surface area contributed by atoms with E-state index in [9.17, 15) is 9.18 Å². The Morgan fingerprint density at radius 3 is 2.79 bits per heavy atom. The van der Waals surface area contributed by atoms with Gasteiger partial charge in [-0.15, -0.1) is 0 Å². The quantitative estimate of drug-likeness (QED) is 0.847. The maximum Gasteiger partial charge on any atom is 0.224 e. The standard InChI is InChI=1S/C19H17BrFNO2/c20-12-3-6-18-16(9-12)17(7-8-24-18)22-19(23)15-10-14(15)11-1-4-13(21)5-2-11/h1-6,9,14-15,17H,7-8,10H2,(H,22,23). The first kappa shape index (κ1) is 15.6. The molecule has 1 saturated carbocycles. The van der Waals surface area contributed by atoms with E-state index in [-0.39, 0.29) is 29.6 Å². The van der Waals surface area contributed by atoms with E-state index in [1.54, 1.807) is 12.1 Å². The fourth-order valence-electron chi connectivity index (χ4n) is 3.36. The predicted molar refractivity (Wildman–Crippen MR) is 92.4 cm³/mol. The summed E-state index contributed by atoms with van der Waals surface area (Å²) < 4.78 is 19.6. The number of ether oxygens (including phenoxy) is 1. The summed E-state index contributed by atoms with van der Waals surface area (Å²) in [4.78, 5) is 12.6. The van der Waals surface area contributed by atoms with Gasteiger partial charge >= 0.3 is 0 Å². The lowest BCUT2D eigenvalue weighted by molar-refractivity contribution is -0.123. The van der Waals surface area contributed by atoms with Crippen LogP contribution < -0.4 is 10.1 Å². The van der Waals surface area contributed by atoms with E-state index in [0.29, 0.717) is 6.61 Å². The summed E-state index contributed by atoms with van der Waals surface area (Å²) in [6, 6.07) is 12.3. The molecule has 3 unspecified atom stereocenters. The molecule has 124 valence electrons. The molecule has 0 radical (unpaired) electrons. The normalized spacial score (nSPS) is 24.7. The van der Waals surface area contributed by atoms with Gasteiger partial charge in [0.05, 0.1) is 12.6 Å².